The Morgan fingerprint density at radius 2 is 2.17 bits per heavy atom. The largest absolute Gasteiger partial charge is 0.411 e. The standard InChI is InChI=1S/C10H13F3N2O2S/c1-16-5-7-4-9(18)15-8(14-7)2-3-17-6-10(11,12)13/h4H,2-3,5-6H2,1H3,(H,14,15,18). The average molecular weight is 282 g/mol. The van der Waals surface area contributed by atoms with Crippen molar-refractivity contribution in [3.8, 4) is 0 Å². The van der Waals surface area contributed by atoms with Crippen LogP contribution in [0, 0.1) is 4.64 Å². The Morgan fingerprint density at radius 3 is 2.78 bits per heavy atom. The first-order chi connectivity index (χ1) is 8.40. The molecule has 0 aliphatic heterocycles. The van der Waals surface area contributed by atoms with E-state index in [2.05, 4.69) is 14.7 Å². The molecular formula is C10H13F3N2O2S. The second kappa shape index (κ2) is 6.81. The lowest BCUT2D eigenvalue weighted by Crippen LogP contribution is -2.18. The molecule has 0 atom stereocenters. The van der Waals surface area contributed by atoms with Crippen LogP contribution in [0.5, 0.6) is 0 Å². The molecule has 0 bridgehead atoms. The smallest absolute Gasteiger partial charge is 0.378 e. The lowest BCUT2D eigenvalue weighted by Gasteiger charge is -2.08. The van der Waals surface area contributed by atoms with Gasteiger partial charge in [0, 0.05) is 19.2 Å². The van der Waals surface area contributed by atoms with Crippen LogP contribution in [-0.2, 0) is 22.5 Å². The molecule has 0 aliphatic rings. The summed E-state index contributed by atoms with van der Waals surface area (Å²) in [6, 6.07) is 1.64. The van der Waals surface area contributed by atoms with Gasteiger partial charge in [-0.05, 0) is 6.07 Å². The summed E-state index contributed by atoms with van der Waals surface area (Å²) >= 11 is 4.93. The Labute approximate surface area is 107 Å². The summed E-state index contributed by atoms with van der Waals surface area (Å²) < 4.78 is 45.3. The third-order valence-electron chi connectivity index (χ3n) is 1.90. The van der Waals surface area contributed by atoms with E-state index < -0.39 is 12.8 Å². The zero-order chi connectivity index (χ0) is 13.6. The Bertz CT molecular complexity index is 434. The molecule has 102 valence electrons. The zero-order valence-corrected chi connectivity index (χ0v) is 10.5. The van der Waals surface area contributed by atoms with Crippen LogP contribution in [0.25, 0.3) is 0 Å². The van der Waals surface area contributed by atoms with Gasteiger partial charge in [0.25, 0.3) is 0 Å². The normalized spacial score (nSPS) is 11.8. The number of H-pyrrole nitrogens is 1. The molecule has 0 aliphatic carbocycles. The van der Waals surface area contributed by atoms with E-state index in [-0.39, 0.29) is 13.0 Å². The first kappa shape index (κ1) is 15.1. The van der Waals surface area contributed by atoms with Crippen molar-refractivity contribution in [2.75, 3.05) is 20.3 Å². The minimum Gasteiger partial charge on any atom is -0.378 e. The Morgan fingerprint density at radius 1 is 1.44 bits per heavy atom. The molecule has 0 spiro atoms. The highest BCUT2D eigenvalue weighted by Crippen LogP contribution is 2.14. The quantitative estimate of drug-likeness (QED) is 0.643. The van der Waals surface area contributed by atoms with Crippen LogP contribution in [0.2, 0.25) is 0 Å². The molecule has 1 N–H and O–H groups in total. The van der Waals surface area contributed by atoms with Gasteiger partial charge in [-0.1, -0.05) is 12.2 Å². The van der Waals surface area contributed by atoms with E-state index in [0.717, 1.165) is 5.69 Å². The molecule has 0 aromatic carbocycles. The monoisotopic (exact) mass is 282 g/mol. The van der Waals surface area contributed by atoms with E-state index in [1.54, 1.807) is 6.07 Å². The van der Waals surface area contributed by atoms with Crippen LogP contribution in [0.15, 0.2) is 6.07 Å². The van der Waals surface area contributed by atoms with Crippen molar-refractivity contribution in [2.24, 2.45) is 0 Å². The number of methoxy groups -OCH3 is 1. The molecule has 1 aromatic rings. The van der Waals surface area contributed by atoms with Gasteiger partial charge >= 0.3 is 6.18 Å². The molecule has 1 rings (SSSR count). The fourth-order valence-electron chi connectivity index (χ4n) is 1.27. The summed E-state index contributed by atoms with van der Waals surface area (Å²) in [6.07, 6.45) is -4.07. The first-order valence-corrected chi connectivity index (χ1v) is 5.54. The highest BCUT2D eigenvalue weighted by Gasteiger charge is 2.27. The van der Waals surface area contributed by atoms with E-state index in [1.807, 2.05) is 0 Å². The van der Waals surface area contributed by atoms with Crippen molar-refractivity contribution in [3.63, 3.8) is 0 Å². The Hall–Kier alpha value is -0.990. The second-order valence-corrected chi connectivity index (χ2v) is 3.96. The number of ether oxygens (including phenoxy) is 2. The van der Waals surface area contributed by atoms with Gasteiger partial charge in [0.1, 0.15) is 17.1 Å². The van der Waals surface area contributed by atoms with E-state index in [1.165, 1.54) is 7.11 Å². The van der Waals surface area contributed by atoms with Crippen LogP contribution < -0.4 is 0 Å². The number of aromatic nitrogens is 2. The number of hydrogen-bond donors (Lipinski definition) is 1. The average Bonchev–Trinajstić information content (AvgIpc) is 2.23. The zero-order valence-electron chi connectivity index (χ0n) is 9.71. The summed E-state index contributed by atoms with van der Waals surface area (Å²) in [5.74, 6) is 0.483. The summed E-state index contributed by atoms with van der Waals surface area (Å²) in [5.41, 5.74) is 0.725. The van der Waals surface area contributed by atoms with Crippen LogP contribution in [0.1, 0.15) is 11.5 Å². The molecule has 8 heteroatoms. The highest BCUT2D eigenvalue weighted by molar-refractivity contribution is 7.71. The van der Waals surface area contributed by atoms with E-state index in [4.69, 9.17) is 17.0 Å². The fraction of sp³-hybridized carbons (Fsp3) is 0.600. The second-order valence-electron chi connectivity index (χ2n) is 3.54. The minimum atomic E-state index is -4.31. The van der Waals surface area contributed by atoms with E-state index >= 15 is 0 Å². The lowest BCUT2D eigenvalue weighted by atomic mass is 10.3. The minimum absolute atomic E-state index is 0.0752. The van der Waals surface area contributed by atoms with Gasteiger partial charge < -0.3 is 14.5 Å². The predicted molar refractivity (Wildman–Crippen MR) is 60.7 cm³/mol. The van der Waals surface area contributed by atoms with Crippen molar-refractivity contribution >= 4 is 12.2 Å². The van der Waals surface area contributed by atoms with Gasteiger partial charge in [-0.3, -0.25) is 0 Å². The molecule has 0 radical (unpaired) electrons. The summed E-state index contributed by atoms with van der Waals surface area (Å²) in [7, 11) is 1.53. The van der Waals surface area contributed by atoms with Gasteiger partial charge in [-0.25, -0.2) is 4.98 Å². The maximum atomic E-state index is 11.8. The van der Waals surface area contributed by atoms with Gasteiger partial charge in [0.2, 0.25) is 0 Å². The molecule has 4 nitrogen and oxygen atoms in total. The van der Waals surface area contributed by atoms with Gasteiger partial charge in [-0.2, -0.15) is 13.2 Å². The maximum Gasteiger partial charge on any atom is 0.411 e. The molecule has 0 saturated heterocycles. The highest BCUT2D eigenvalue weighted by atomic mass is 32.1. The topological polar surface area (TPSA) is 47.1 Å². The number of alkyl halides is 3. The third kappa shape index (κ3) is 6.08. The number of halogens is 3. The summed E-state index contributed by atoms with van der Waals surface area (Å²) in [5, 5.41) is 0. The van der Waals surface area contributed by atoms with Crippen molar-refractivity contribution in [1.82, 2.24) is 9.97 Å². The lowest BCUT2D eigenvalue weighted by molar-refractivity contribution is -0.173. The molecule has 0 amide bonds. The van der Waals surface area contributed by atoms with Gasteiger partial charge in [-0.15, -0.1) is 0 Å². The summed E-state index contributed by atoms with van der Waals surface area (Å²) in [6.45, 7) is -0.998. The van der Waals surface area contributed by atoms with Crippen LogP contribution >= 0.6 is 12.2 Å². The van der Waals surface area contributed by atoms with Crippen molar-refractivity contribution < 1.29 is 22.6 Å². The van der Waals surface area contributed by atoms with Crippen molar-refractivity contribution in [2.45, 2.75) is 19.2 Å². The molecule has 0 saturated carbocycles. The first-order valence-electron chi connectivity index (χ1n) is 5.13. The molecule has 1 heterocycles. The van der Waals surface area contributed by atoms with E-state index in [0.29, 0.717) is 17.1 Å². The fourth-order valence-corrected chi connectivity index (χ4v) is 1.52. The molecule has 1 aromatic heterocycles. The molecule has 0 fully saturated rings. The molecule has 0 unspecified atom stereocenters. The van der Waals surface area contributed by atoms with Crippen LogP contribution in [0.4, 0.5) is 13.2 Å². The Kier molecular flexibility index (Phi) is 5.70. The molecule has 18 heavy (non-hydrogen) atoms. The Balaban J connectivity index is 2.49. The SMILES string of the molecule is COCc1cc(=S)nc(CCOCC(F)(F)F)[nH]1. The van der Waals surface area contributed by atoms with Crippen molar-refractivity contribution in [1.29, 1.82) is 0 Å². The predicted octanol–water partition coefficient (Wildman–Crippen LogP) is 2.41. The van der Waals surface area contributed by atoms with E-state index in [9.17, 15) is 13.2 Å². The molecular weight excluding hydrogens is 269 g/mol. The van der Waals surface area contributed by atoms with Crippen LogP contribution in [0.3, 0.4) is 0 Å². The number of nitrogens with one attached hydrogen (secondary N) is 1. The number of rotatable bonds is 6. The number of hydrogen-bond acceptors (Lipinski definition) is 4. The summed E-state index contributed by atoms with van der Waals surface area (Å²) in [4.78, 5) is 6.91. The maximum absolute atomic E-state index is 11.8. The number of aromatic amines is 1. The van der Waals surface area contributed by atoms with Crippen LogP contribution in [-0.4, -0.2) is 36.5 Å². The van der Waals surface area contributed by atoms with Crippen molar-refractivity contribution in [3.05, 3.63) is 22.2 Å². The van der Waals surface area contributed by atoms with Gasteiger partial charge in [0.15, 0.2) is 0 Å². The van der Waals surface area contributed by atoms with Gasteiger partial charge in [0.05, 0.1) is 13.2 Å². The number of nitrogens with zero attached hydrogens (tertiary/aromatic N) is 1. The third-order valence-corrected chi connectivity index (χ3v) is 2.11.